The lowest BCUT2D eigenvalue weighted by Crippen LogP contribution is -2.25. The van der Waals surface area contributed by atoms with E-state index < -0.39 is 18.0 Å². The van der Waals surface area contributed by atoms with Crippen LogP contribution in [0.4, 0.5) is 11.4 Å². The fourth-order valence-corrected chi connectivity index (χ4v) is 3.28. The summed E-state index contributed by atoms with van der Waals surface area (Å²) in [6.07, 6.45) is 0.760. The molecule has 3 aromatic rings. The van der Waals surface area contributed by atoms with Crippen LogP contribution in [0.1, 0.15) is 5.56 Å². The van der Waals surface area contributed by atoms with E-state index >= 15 is 0 Å². The minimum absolute atomic E-state index is 0.441. The maximum atomic E-state index is 11.1. The van der Waals surface area contributed by atoms with Gasteiger partial charge in [0.25, 0.3) is 11.3 Å². The Hall–Kier alpha value is -2.19. The molecule has 3 rings (SSSR count). The monoisotopic (exact) mass is 391 g/mol. The first-order chi connectivity index (χ1) is 12.6. The Bertz CT molecular complexity index is 921. The minimum Gasteiger partial charge on any atom is -0.384 e. The number of nitrogens with one attached hydrogen (secondary N) is 1. The lowest BCUT2D eigenvalue weighted by Gasteiger charge is -2.17. The topological polar surface area (TPSA) is 85.7 Å². The molecule has 8 heteroatoms. The van der Waals surface area contributed by atoms with Gasteiger partial charge < -0.3 is 10.4 Å². The molecule has 136 valence electrons. The number of benzene rings is 2. The van der Waals surface area contributed by atoms with Gasteiger partial charge in [-0.2, -0.15) is 0 Å². The maximum Gasteiger partial charge on any atom is 0.263 e. The second-order valence-electron chi connectivity index (χ2n) is 5.60. The number of anilines is 2. The highest BCUT2D eigenvalue weighted by molar-refractivity contribution is 7.80. The van der Waals surface area contributed by atoms with Crippen molar-refractivity contribution in [3.63, 3.8) is 0 Å². The minimum atomic E-state index is -2.25. The number of aromatic nitrogens is 1. The molecule has 0 aliphatic carbocycles. The highest BCUT2D eigenvalue weighted by Crippen LogP contribution is 2.25. The van der Waals surface area contributed by atoms with Crippen LogP contribution in [-0.4, -0.2) is 32.1 Å². The molecule has 0 spiro atoms. The molecule has 26 heavy (non-hydrogen) atoms. The lowest BCUT2D eigenvalue weighted by atomic mass is 10.1. The smallest absolute Gasteiger partial charge is 0.263 e. The quantitative estimate of drug-likeness (QED) is 0.326. The number of rotatable bonds is 7. The summed E-state index contributed by atoms with van der Waals surface area (Å²) in [5.74, 6) is 0. The van der Waals surface area contributed by atoms with E-state index in [1.54, 1.807) is 12.1 Å². The van der Waals surface area contributed by atoms with Crippen molar-refractivity contribution >= 4 is 45.1 Å². The van der Waals surface area contributed by atoms with Gasteiger partial charge in [-0.25, -0.2) is 13.5 Å². The Morgan fingerprint density at radius 3 is 2.58 bits per heavy atom. The number of hydrogen-bond acceptors (Lipinski definition) is 4. The predicted molar refractivity (Wildman–Crippen MR) is 106 cm³/mol. The Morgan fingerprint density at radius 1 is 1.15 bits per heavy atom. The molecule has 0 saturated heterocycles. The molecule has 0 aliphatic heterocycles. The number of fused-ring (bicyclic) bond motifs is 1. The van der Waals surface area contributed by atoms with E-state index in [2.05, 4.69) is 10.3 Å². The number of pyridine rings is 1. The molecule has 0 radical (unpaired) electrons. The number of nitrogens with zero attached hydrogens (tertiary/aromatic N) is 2. The van der Waals surface area contributed by atoms with Crippen LogP contribution in [0.15, 0.2) is 54.6 Å². The number of hydrogen-bond donors (Lipinski definition) is 3. The summed E-state index contributed by atoms with van der Waals surface area (Å²) in [5.41, 5.74) is 3.32. The van der Waals surface area contributed by atoms with Crippen LogP contribution in [0.25, 0.3) is 10.9 Å². The molecule has 0 saturated carbocycles. The van der Waals surface area contributed by atoms with E-state index in [9.17, 15) is 4.21 Å². The molecule has 0 amide bonds. The molecule has 2 aromatic carbocycles. The Kier molecular flexibility index (Phi) is 6.05. The normalized spacial score (nSPS) is 12.1. The van der Waals surface area contributed by atoms with Crippen molar-refractivity contribution in [2.45, 2.75) is 6.42 Å². The summed E-state index contributed by atoms with van der Waals surface area (Å²) in [7, 11) is 0. The van der Waals surface area contributed by atoms with Crippen LogP contribution in [0.2, 0.25) is 5.15 Å². The van der Waals surface area contributed by atoms with Gasteiger partial charge >= 0.3 is 0 Å². The van der Waals surface area contributed by atoms with E-state index in [1.165, 1.54) is 0 Å². The van der Waals surface area contributed by atoms with Crippen molar-refractivity contribution in [2.75, 3.05) is 22.9 Å². The third kappa shape index (κ3) is 4.31. The van der Waals surface area contributed by atoms with Gasteiger partial charge in [-0.15, -0.1) is 0 Å². The summed E-state index contributed by atoms with van der Waals surface area (Å²) >= 11 is 3.83. The third-order valence-corrected chi connectivity index (χ3v) is 4.85. The molecular formula is C18H18ClN3O3S. The third-order valence-electron chi connectivity index (χ3n) is 3.96. The number of aliphatic hydroxyl groups is 1. The van der Waals surface area contributed by atoms with Gasteiger partial charge in [0.15, 0.2) is 0 Å². The van der Waals surface area contributed by atoms with Crippen LogP contribution in [0.3, 0.4) is 0 Å². The zero-order valence-electron chi connectivity index (χ0n) is 13.8. The Morgan fingerprint density at radius 2 is 1.88 bits per heavy atom. The fourth-order valence-electron chi connectivity index (χ4n) is 2.68. The zero-order valence-corrected chi connectivity index (χ0v) is 15.4. The van der Waals surface area contributed by atoms with Crippen LogP contribution >= 0.6 is 11.6 Å². The van der Waals surface area contributed by atoms with Crippen LogP contribution in [0.5, 0.6) is 0 Å². The molecule has 0 bridgehead atoms. The summed E-state index contributed by atoms with van der Waals surface area (Å²) in [6, 6.07) is 16.7. The van der Waals surface area contributed by atoms with Gasteiger partial charge in [-0.1, -0.05) is 41.9 Å². The SMILES string of the molecule is O=S(O)N(CO)c1ccc(CCNc2cc(Cl)nc3ccccc23)cc1. The number of para-hydroxylation sites is 1. The van der Waals surface area contributed by atoms with Gasteiger partial charge in [0.05, 0.1) is 11.2 Å². The summed E-state index contributed by atoms with van der Waals surface area (Å²) in [4.78, 5) is 4.31. The van der Waals surface area contributed by atoms with Crippen molar-refractivity contribution in [1.82, 2.24) is 4.98 Å². The fraction of sp³-hybridized carbons (Fsp3) is 0.167. The first-order valence-electron chi connectivity index (χ1n) is 7.96. The van der Waals surface area contributed by atoms with E-state index in [0.29, 0.717) is 17.4 Å². The van der Waals surface area contributed by atoms with Crippen LogP contribution in [0, 0.1) is 0 Å². The Balaban J connectivity index is 1.66. The summed E-state index contributed by atoms with van der Waals surface area (Å²) in [5, 5.41) is 14.0. The van der Waals surface area contributed by atoms with Gasteiger partial charge in [-0.3, -0.25) is 4.55 Å². The van der Waals surface area contributed by atoms with E-state index in [1.807, 2.05) is 42.5 Å². The highest BCUT2D eigenvalue weighted by Gasteiger charge is 2.10. The second-order valence-corrected chi connectivity index (χ2v) is 6.89. The number of aliphatic hydroxyl groups excluding tert-OH is 1. The second kappa shape index (κ2) is 8.46. The van der Waals surface area contributed by atoms with Gasteiger partial charge in [0, 0.05) is 17.6 Å². The standard InChI is InChI=1S/C18H18ClN3O3S/c19-18-11-17(15-3-1-2-4-16(15)21-18)20-10-9-13-5-7-14(8-6-13)22(12-23)26(24)25/h1-8,11,23H,9-10,12H2,(H,20,21)(H,24,25). The average Bonchev–Trinajstić information content (AvgIpc) is 2.63. The summed E-state index contributed by atoms with van der Waals surface area (Å²) in [6.45, 7) is 0.166. The maximum absolute atomic E-state index is 11.1. The van der Waals surface area contributed by atoms with Gasteiger partial charge in [0.1, 0.15) is 11.9 Å². The molecule has 1 aromatic heterocycles. The molecule has 3 N–H and O–H groups in total. The van der Waals surface area contributed by atoms with Crippen molar-refractivity contribution in [3.05, 3.63) is 65.3 Å². The average molecular weight is 392 g/mol. The predicted octanol–water partition coefficient (Wildman–Crippen LogP) is 3.44. The Labute approximate surface area is 158 Å². The summed E-state index contributed by atoms with van der Waals surface area (Å²) < 4.78 is 21.2. The molecule has 1 unspecified atom stereocenters. The van der Waals surface area contributed by atoms with Crippen LogP contribution in [-0.2, 0) is 17.7 Å². The van der Waals surface area contributed by atoms with Crippen molar-refractivity contribution in [3.8, 4) is 0 Å². The van der Waals surface area contributed by atoms with Crippen molar-refractivity contribution < 1.29 is 13.9 Å². The van der Waals surface area contributed by atoms with Gasteiger partial charge in [0.2, 0.25) is 0 Å². The van der Waals surface area contributed by atoms with Crippen molar-refractivity contribution in [2.24, 2.45) is 0 Å². The molecule has 1 heterocycles. The lowest BCUT2D eigenvalue weighted by molar-refractivity contribution is 0.308. The zero-order chi connectivity index (χ0) is 18.5. The van der Waals surface area contributed by atoms with Crippen LogP contribution < -0.4 is 9.62 Å². The molecule has 6 nitrogen and oxygen atoms in total. The molecular weight excluding hydrogens is 374 g/mol. The molecule has 1 atom stereocenters. The van der Waals surface area contributed by atoms with E-state index in [0.717, 1.165) is 32.9 Å². The molecule has 0 aliphatic rings. The first kappa shape index (κ1) is 18.6. The van der Waals surface area contributed by atoms with E-state index in [4.69, 9.17) is 21.3 Å². The highest BCUT2D eigenvalue weighted by atomic mass is 35.5. The molecule has 0 fully saturated rings. The largest absolute Gasteiger partial charge is 0.384 e. The first-order valence-corrected chi connectivity index (χ1v) is 9.40. The van der Waals surface area contributed by atoms with E-state index in [-0.39, 0.29) is 0 Å². The van der Waals surface area contributed by atoms with Gasteiger partial charge in [-0.05, 0) is 36.2 Å². The number of halogens is 1. The van der Waals surface area contributed by atoms with Crippen molar-refractivity contribution in [1.29, 1.82) is 0 Å².